The lowest BCUT2D eigenvalue weighted by Crippen LogP contribution is -2.47. The van der Waals surface area contributed by atoms with E-state index in [4.69, 9.17) is 4.74 Å². The standard InChI is InChI=1S/C19H24N2O4S/c1-4-25-18-12-10-16(11-13-18)14-20-19(22)15(2)21(26(3,23)24)17-8-6-5-7-9-17/h5-13,15H,4,14H2,1-3H3,(H,20,22)/t15-/m0/s1. The van der Waals surface area contributed by atoms with Gasteiger partial charge in [-0.05, 0) is 43.7 Å². The van der Waals surface area contributed by atoms with Crippen LogP contribution in [-0.4, -0.2) is 33.2 Å². The van der Waals surface area contributed by atoms with Crippen molar-refractivity contribution in [1.82, 2.24) is 5.32 Å². The van der Waals surface area contributed by atoms with Gasteiger partial charge in [-0.15, -0.1) is 0 Å². The lowest BCUT2D eigenvalue weighted by Gasteiger charge is -2.28. The molecule has 26 heavy (non-hydrogen) atoms. The summed E-state index contributed by atoms with van der Waals surface area (Å²) < 4.78 is 30.9. The van der Waals surface area contributed by atoms with E-state index in [0.717, 1.165) is 21.9 Å². The summed E-state index contributed by atoms with van der Waals surface area (Å²) in [6.07, 6.45) is 1.09. The Morgan fingerprint density at radius 1 is 1.12 bits per heavy atom. The van der Waals surface area contributed by atoms with Crippen LogP contribution in [0.3, 0.4) is 0 Å². The second-order valence-electron chi connectivity index (χ2n) is 5.87. The Hall–Kier alpha value is -2.54. The minimum Gasteiger partial charge on any atom is -0.494 e. The molecular weight excluding hydrogens is 352 g/mol. The average molecular weight is 376 g/mol. The van der Waals surface area contributed by atoms with Gasteiger partial charge in [-0.25, -0.2) is 8.42 Å². The number of nitrogens with one attached hydrogen (secondary N) is 1. The molecule has 1 atom stereocenters. The molecule has 1 N–H and O–H groups in total. The lowest BCUT2D eigenvalue weighted by molar-refractivity contribution is -0.122. The van der Waals surface area contributed by atoms with Gasteiger partial charge in [0, 0.05) is 6.54 Å². The molecule has 7 heteroatoms. The molecule has 0 aliphatic rings. The number of ether oxygens (including phenoxy) is 1. The highest BCUT2D eigenvalue weighted by atomic mass is 32.2. The average Bonchev–Trinajstić information content (AvgIpc) is 2.61. The van der Waals surface area contributed by atoms with Gasteiger partial charge in [0.15, 0.2) is 0 Å². The molecule has 0 saturated carbocycles. The highest BCUT2D eigenvalue weighted by Crippen LogP contribution is 2.20. The Bertz CT molecular complexity index is 820. The fourth-order valence-electron chi connectivity index (χ4n) is 2.59. The summed E-state index contributed by atoms with van der Waals surface area (Å²) in [7, 11) is -3.60. The molecule has 2 aromatic rings. The molecule has 0 fully saturated rings. The van der Waals surface area contributed by atoms with Gasteiger partial charge in [-0.1, -0.05) is 30.3 Å². The van der Waals surface area contributed by atoms with Crippen molar-refractivity contribution in [3.8, 4) is 5.75 Å². The third kappa shape index (κ3) is 5.23. The molecule has 6 nitrogen and oxygen atoms in total. The molecule has 0 saturated heterocycles. The number of carbonyl (C=O) groups is 1. The van der Waals surface area contributed by atoms with E-state index in [1.165, 1.54) is 0 Å². The van der Waals surface area contributed by atoms with Crippen LogP contribution in [0.25, 0.3) is 0 Å². The Kier molecular flexibility index (Phi) is 6.63. The number of hydrogen-bond donors (Lipinski definition) is 1. The highest BCUT2D eigenvalue weighted by Gasteiger charge is 2.28. The molecule has 0 aliphatic carbocycles. The fourth-order valence-corrected chi connectivity index (χ4v) is 3.77. The van der Waals surface area contributed by atoms with Crippen LogP contribution in [0.2, 0.25) is 0 Å². The first-order valence-corrected chi connectivity index (χ1v) is 10.2. The minimum absolute atomic E-state index is 0.308. The van der Waals surface area contributed by atoms with Gasteiger partial charge in [0.05, 0.1) is 18.6 Å². The van der Waals surface area contributed by atoms with Gasteiger partial charge >= 0.3 is 0 Å². The molecule has 2 aromatic carbocycles. The SMILES string of the molecule is CCOc1ccc(CNC(=O)[C@H](C)N(c2ccccc2)S(C)(=O)=O)cc1. The Morgan fingerprint density at radius 2 is 1.73 bits per heavy atom. The van der Waals surface area contributed by atoms with Gasteiger partial charge < -0.3 is 10.1 Å². The first-order valence-electron chi connectivity index (χ1n) is 8.37. The van der Waals surface area contributed by atoms with E-state index >= 15 is 0 Å². The molecule has 1 amide bonds. The summed E-state index contributed by atoms with van der Waals surface area (Å²) in [4.78, 5) is 12.5. The van der Waals surface area contributed by atoms with Crippen LogP contribution in [0.5, 0.6) is 5.75 Å². The Balaban J connectivity index is 2.07. The Morgan fingerprint density at radius 3 is 2.27 bits per heavy atom. The predicted octanol–water partition coefficient (Wildman–Crippen LogP) is 2.56. The third-order valence-electron chi connectivity index (χ3n) is 3.80. The van der Waals surface area contributed by atoms with Crippen molar-refractivity contribution in [3.05, 3.63) is 60.2 Å². The van der Waals surface area contributed by atoms with Gasteiger partial charge in [0.1, 0.15) is 11.8 Å². The van der Waals surface area contributed by atoms with Crippen molar-refractivity contribution in [2.45, 2.75) is 26.4 Å². The minimum atomic E-state index is -3.60. The largest absolute Gasteiger partial charge is 0.494 e. The molecule has 0 heterocycles. The monoisotopic (exact) mass is 376 g/mol. The summed E-state index contributed by atoms with van der Waals surface area (Å²) in [5.74, 6) is 0.399. The van der Waals surface area contributed by atoms with E-state index in [1.54, 1.807) is 37.3 Å². The second kappa shape index (κ2) is 8.71. The van der Waals surface area contributed by atoms with Crippen molar-refractivity contribution >= 4 is 21.6 Å². The third-order valence-corrected chi connectivity index (χ3v) is 5.04. The summed E-state index contributed by atoms with van der Waals surface area (Å²) >= 11 is 0. The van der Waals surface area contributed by atoms with Crippen LogP contribution < -0.4 is 14.4 Å². The lowest BCUT2D eigenvalue weighted by atomic mass is 10.2. The van der Waals surface area contributed by atoms with E-state index in [1.807, 2.05) is 31.2 Å². The molecule has 0 aromatic heterocycles. The zero-order chi connectivity index (χ0) is 19.2. The van der Waals surface area contributed by atoms with Gasteiger partial charge in [-0.3, -0.25) is 9.10 Å². The maximum Gasteiger partial charge on any atom is 0.243 e. The first kappa shape index (κ1) is 19.8. The predicted molar refractivity (Wildman–Crippen MR) is 103 cm³/mol. The van der Waals surface area contributed by atoms with Crippen LogP contribution in [0.4, 0.5) is 5.69 Å². The summed E-state index contributed by atoms with van der Waals surface area (Å²) in [5.41, 5.74) is 1.36. The number of amides is 1. The molecule has 0 spiro atoms. The number of benzene rings is 2. The van der Waals surface area contributed by atoms with Crippen molar-refractivity contribution in [3.63, 3.8) is 0 Å². The van der Waals surface area contributed by atoms with Crippen molar-refractivity contribution in [2.24, 2.45) is 0 Å². The quantitative estimate of drug-likeness (QED) is 0.768. The second-order valence-corrected chi connectivity index (χ2v) is 7.72. The molecule has 0 radical (unpaired) electrons. The maximum absolute atomic E-state index is 12.5. The molecule has 2 rings (SSSR count). The van der Waals surface area contributed by atoms with Crippen LogP contribution in [0, 0.1) is 0 Å². The van der Waals surface area contributed by atoms with E-state index in [-0.39, 0.29) is 5.91 Å². The number of carbonyl (C=O) groups excluding carboxylic acids is 1. The normalized spacial score (nSPS) is 12.3. The number of anilines is 1. The molecule has 140 valence electrons. The Labute approximate surface area is 154 Å². The number of sulfonamides is 1. The van der Waals surface area contributed by atoms with Crippen molar-refractivity contribution in [2.75, 3.05) is 17.2 Å². The number of hydrogen-bond acceptors (Lipinski definition) is 4. The van der Waals surface area contributed by atoms with E-state index < -0.39 is 16.1 Å². The van der Waals surface area contributed by atoms with E-state index in [2.05, 4.69) is 5.32 Å². The number of rotatable bonds is 8. The highest BCUT2D eigenvalue weighted by molar-refractivity contribution is 7.92. The molecule has 0 unspecified atom stereocenters. The fraction of sp³-hybridized carbons (Fsp3) is 0.316. The van der Waals surface area contributed by atoms with Gasteiger partial charge in [0.25, 0.3) is 0 Å². The molecular formula is C19H24N2O4S. The van der Waals surface area contributed by atoms with E-state index in [9.17, 15) is 13.2 Å². The molecule has 0 aliphatic heterocycles. The maximum atomic E-state index is 12.5. The first-order chi connectivity index (χ1) is 12.3. The smallest absolute Gasteiger partial charge is 0.243 e. The van der Waals surface area contributed by atoms with Crippen LogP contribution in [-0.2, 0) is 21.4 Å². The summed E-state index contributed by atoms with van der Waals surface area (Å²) in [6, 6.07) is 15.1. The number of para-hydroxylation sites is 1. The zero-order valence-electron chi connectivity index (χ0n) is 15.2. The number of nitrogens with zero attached hydrogens (tertiary/aromatic N) is 1. The summed E-state index contributed by atoms with van der Waals surface area (Å²) in [5, 5.41) is 2.79. The van der Waals surface area contributed by atoms with Crippen LogP contribution >= 0.6 is 0 Å². The summed E-state index contributed by atoms with van der Waals surface area (Å²) in [6.45, 7) is 4.38. The van der Waals surface area contributed by atoms with Gasteiger partial charge in [0.2, 0.25) is 15.9 Å². The van der Waals surface area contributed by atoms with Crippen LogP contribution in [0.15, 0.2) is 54.6 Å². The van der Waals surface area contributed by atoms with Crippen molar-refractivity contribution in [1.29, 1.82) is 0 Å². The zero-order valence-corrected chi connectivity index (χ0v) is 16.0. The van der Waals surface area contributed by atoms with Gasteiger partial charge in [-0.2, -0.15) is 0 Å². The topological polar surface area (TPSA) is 75.7 Å². The van der Waals surface area contributed by atoms with Crippen LogP contribution in [0.1, 0.15) is 19.4 Å². The van der Waals surface area contributed by atoms with E-state index in [0.29, 0.717) is 18.8 Å². The van der Waals surface area contributed by atoms with Crippen molar-refractivity contribution < 1.29 is 17.9 Å². The molecule has 0 bridgehead atoms.